The molecule has 1 aliphatic carbocycles. The third-order valence-corrected chi connectivity index (χ3v) is 8.75. The van der Waals surface area contributed by atoms with Crippen LogP contribution in [0.15, 0.2) is 51.4 Å². The second-order valence-electron chi connectivity index (χ2n) is 10.6. The van der Waals surface area contributed by atoms with E-state index in [0.717, 1.165) is 35.7 Å². The summed E-state index contributed by atoms with van der Waals surface area (Å²) in [4.78, 5) is 20.8. The van der Waals surface area contributed by atoms with E-state index < -0.39 is 15.8 Å². The number of hydrogen-bond acceptors (Lipinski definition) is 6. The molecule has 1 atom stereocenters. The van der Waals surface area contributed by atoms with Gasteiger partial charge in [-0.1, -0.05) is 58.9 Å². The molecule has 0 spiro atoms. The van der Waals surface area contributed by atoms with Crippen LogP contribution in [-0.4, -0.2) is 32.2 Å². The number of hydrogen-bond donors (Lipinski definition) is 0. The zero-order valence-electron chi connectivity index (χ0n) is 20.5. The minimum Gasteiger partial charge on any atom is -0.465 e. The lowest BCUT2D eigenvalue weighted by Crippen LogP contribution is -2.26. The lowest BCUT2D eigenvalue weighted by atomic mass is 9.74. The molecule has 1 saturated carbocycles. The van der Waals surface area contributed by atoms with Gasteiger partial charge in [-0.25, -0.2) is 18.2 Å². The molecule has 34 heavy (non-hydrogen) atoms. The number of fused-ring (bicyclic) bond motifs is 1. The molecule has 1 aromatic carbocycles. The van der Waals surface area contributed by atoms with Crippen LogP contribution >= 0.6 is 0 Å². The normalized spacial score (nSPS) is 19.3. The molecule has 0 amide bonds. The van der Waals surface area contributed by atoms with Crippen molar-refractivity contribution in [1.82, 2.24) is 4.98 Å². The molecule has 2 aliphatic rings. The molecule has 1 fully saturated rings. The number of methoxy groups -OCH3 is 1. The Kier molecular flexibility index (Phi) is 6.94. The van der Waals surface area contributed by atoms with Gasteiger partial charge in [0.25, 0.3) is 0 Å². The number of ether oxygens (including phenoxy) is 1. The summed E-state index contributed by atoms with van der Waals surface area (Å²) in [6, 6.07) is 8.08. The molecule has 0 N–H and O–H groups in total. The Hall–Kier alpha value is -2.54. The van der Waals surface area contributed by atoms with E-state index in [1.54, 1.807) is 12.1 Å². The Labute approximate surface area is 202 Å². The Bertz CT molecular complexity index is 1190. The molecule has 2 heterocycles. The summed E-state index contributed by atoms with van der Waals surface area (Å²) in [6.07, 6.45) is 9.81. The first-order valence-electron chi connectivity index (χ1n) is 12.1. The third-order valence-electron chi connectivity index (χ3n) is 7.09. The van der Waals surface area contributed by atoms with Gasteiger partial charge in [0.05, 0.1) is 23.3 Å². The second-order valence-corrected chi connectivity index (χ2v) is 12.4. The number of nitrogens with zero attached hydrogens (tertiary/aromatic N) is 2. The maximum atomic E-state index is 13.3. The molecular weight excluding hydrogens is 448 g/mol. The SMILES string of the molecule is COC(=O)c1ccc(S(=O)(=O)c2ccc3c(c2)N=C(C(C)(C)C)CC3CC2CCCCC2)nc1. The molecule has 1 unspecified atom stereocenters. The van der Waals surface area contributed by atoms with Gasteiger partial charge in [0.15, 0.2) is 5.03 Å². The molecule has 2 aromatic rings. The van der Waals surface area contributed by atoms with E-state index in [1.165, 1.54) is 57.5 Å². The van der Waals surface area contributed by atoms with Crippen molar-refractivity contribution in [3.63, 3.8) is 0 Å². The minimum atomic E-state index is -3.85. The van der Waals surface area contributed by atoms with Crippen molar-refractivity contribution in [3.8, 4) is 0 Å². The van der Waals surface area contributed by atoms with E-state index in [9.17, 15) is 13.2 Å². The maximum absolute atomic E-state index is 13.3. The van der Waals surface area contributed by atoms with Gasteiger partial charge in [0.1, 0.15) is 0 Å². The van der Waals surface area contributed by atoms with Crippen molar-refractivity contribution in [2.24, 2.45) is 16.3 Å². The highest BCUT2D eigenvalue weighted by Crippen LogP contribution is 2.44. The first-order valence-corrected chi connectivity index (χ1v) is 13.6. The summed E-state index contributed by atoms with van der Waals surface area (Å²) < 4.78 is 31.3. The van der Waals surface area contributed by atoms with Gasteiger partial charge >= 0.3 is 5.97 Å². The standard InChI is InChI=1S/C27H34N2O4S/c1-27(2,3)24-15-20(14-18-8-6-5-7-9-18)22-12-11-21(16-23(22)29-24)34(31,32)25-13-10-19(17-28-25)26(30)33-4/h10-13,16-18,20H,5-9,14-15H2,1-4H3. The number of carbonyl (C=O) groups excluding carboxylic acids is 1. The van der Waals surface area contributed by atoms with E-state index in [4.69, 9.17) is 4.99 Å². The number of rotatable bonds is 5. The highest BCUT2D eigenvalue weighted by molar-refractivity contribution is 7.91. The van der Waals surface area contributed by atoms with E-state index >= 15 is 0 Å². The van der Waals surface area contributed by atoms with Gasteiger partial charge in [-0.2, -0.15) is 0 Å². The molecule has 7 heteroatoms. The number of aliphatic imine (C=N–C) groups is 1. The Morgan fingerprint density at radius 2 is 1.82 bits per heavy atom. The van der Waals surface area contributed by atoms with Crippen LogP contribution in [0.5, 0.6) is 0 Å². The lowest BCUT2D eigenvalue weighted by Gasteiger charge is -2.34. The number of benzene rings is 1. The summed E-state index contributed by atoms with van der Waals surface area (Å²) in [5.41, 5.74) is 3.14. The van der Waals surface area contributed by atoms with Gasteiger partial charge in [-0.05, 0) is 54.5 Å². The average Bonchev–Trinajstić information content (AvgIpc) is 2.83. The third kappa shape index (κ3) is 5.09. The monoisotopic (exact) mass is 482 g/mol. The number of sulfone groups is 1. The van der Waals surface area contributed by atoms with Crippen LogP contribution in [0.25, 0.3) is 0 Å². The van der Waals surface area contributed by atoms with Crippen LogP contribution in [0.3, 0.4) is 0 Å². The Morgan fingerprint density at radius 3 is 2.44 bits per heavy atom. The minimum absolute atomic E-state index is 0.0807. The van der Waals surface area contributed by atoms with Crippen LogP contribution in [0, 0.1) is 11.3 Å². The zero-order chi connectivity index (χ0) is 24.5. The Balaban J connectivity index is 1.69. The summed E-state index contributed by atoms with van der Waals surface area (Å²) in [5, 5.41) is -0.102. The molecule has 4 rings (SSSR count). The molecule has 0 radical (unpaired) electrons. The lowest BCUT2D eigenvalue weighted by molar-refractivity contribution is 0.0600. The van der Waals surface area contributed by atoms with Crippen molar-refractivity contribution in [3.05, 3.63) is 47.7 Å². The van der Waals surface area contributed by atoms with Crippen LogP contribution in [0.2, 0.25) is 0 Å². The van der Waals surface area contributed by atoms with Crippen LogP contribution < -0.4 is 0 Å². The van der Waals surface area contributed by atoms with Gasteiger partial charge in [-0.3, -0.25) is 4.99 Å². The first-order chi connectivity index (χ1) is 16.1. The molecule has 0 saturated heterocycles. The molecule has 1 aliphatic heterocycles. The van der Waals surface area contributed by atoms with Crippen molar-refractivity contribution in [1.29, 1.82) is 0 Å². The van der Waals surface area contributed by atoms with Crippen LogP contribution in [0.1, 0.15) is 87.6 Å². The first kappa shape index (κ1) is 24.6. The quantitative estimate of drug-likeness (QED) is 0.468. The van der Waals surface area contributed by atoms with Crippen molar-refractivity contribution >= 4 is 27.2 Å². The highest BCUT2D eigenvalue weighted by Gasteiger charge is 2.32. The Morgan fingerprint density at radius 1 is 1.09 bits per heavy atom. The van der Waals surface area contributed by atoms with Crippen LogP contribution in [-0.2, 0) is 14.6 Å². The number of carbonyl (C=O) groups is 1. The van der Waals surface area contributed by atoms with Crippen molar-refractivity contribution in [2.75, 3.05) is 7.11 Å². The fourth-order valence-corrected chi connectivity index (χ4v) is 6.27. The zero-order valence-corrected chi connectivity index (χ0v) is 21.3. The van der Waals surface area contributed by atoms with E-state index in [2.05, 4.69) is 30.5 Å². The molecule has 1 aromatic heterocycles. The molecule has 0 bridgehead atoms. The van der Waals surface area contributed by atoms with Gasteiger partial charge in [-0.15, -0.1) is 0 Å². The van der Waals surface area contributed by atoms with Gasteiger partial charge < -0.3 is 4.74 Å². The predicted molar refractivity (Wildman–Crippen MR) is 133 cm³/mol. The second kappa shape index (κ2) is 9.61. The largest absolute Gasteiger partial charge is 0.465 e. The van der Waals surface area contributed by atoms with E-state index in [-0.39, 0.29) is 20.9 Å². The summed E-state index contributed by atoms with van der Waals surface area (Å²) in [7, 11) is -2.58. The number of esters is 1. The fourth-order valence-electron chi connectivity index (χ4n) is 5.08. The highest BCUT2D eigenvalue weighted by atomic mass is 32.2. The smallest absolute Gasteiger partial charge is 0.339 e. The van der Waals surface area contributed by atoms with Gasteiger partial charge in [0.2, 0.25) is 9.84 Å². The summed E-state index contributed by atoms with van der Waals surface area (Å²) >= 11 is 0. The van der Waals surface area contributed by atoms with Crippen LogP contribution in [0.4, 0.5) is 5.69 Å². The fraction of sp³-hybridized carbons (Fsp3) is 0.519. The topological polar surface area (TPSA) is 85.7 Å². The average molecular weight is 483 g/mol. The van der Waals surface area contributed by atoms with E-state index in [0.29, 0.717) is 5.92 Å². The summed E-state index contributed by atoms with van der Waals surface area (Å²) in [5.74, 6) is 0.532. The molecule has 6 nitrogen and oxygen atoms in total. The van der Waals surface area contributed by atoms with Crippen molar-refractivity contribution in [2.45, 2.75) is 81.6 Å². The molecule has 182 valence electrons. The maximum Gasteiger partial charge on any atom is 0.339 e. The van der Waals surface area contributed by atoms with E-state index in [1.807, 2.05) is 6.07 Å². The van der Waals surface area contributed by atoms with Crippen molar-refractivity contribution < 1.29 is 17.9 Å². The van der Waals surface area contributed by atoms with Gasteiger partial charge in [0, 0.05) is 17.3 Å². The number of aromatic nitrogens is 1. The summed E-state index contributed by atoms with van der Waals surface area (Å²) in [6.45, 7) is 6.51. The molecular formula is C27H34N2O4S. The predicted octanol–water partition coefficient (Wildman–Crippen LogP) is 6.28. The number of pyridine rings is 1.